The molecule has 0 bridgehead atoms. The van der Waals surface area contributed by atoms with Gasteiger partial charge in [0.15, 0.2) is 11.9 Å². The van der Waals surface area contributed by atoms with E-state index in [0.29, 0.717) is 29.6 Å². The van der Waals surface area contributed by atoms with Gasteiger partial charge in [0, 0.05) is 12.2 Å². The molecule has 26 heavy (non-hydrogen) atoms. The minimum Gasteiger partial charge on any atom is -0.452 e. The van der Waals surface area contributed by atoms with Crippen LogP contribution in [0.4, 0.5) is 0 Å². The summed E-state index contributed by atoms with van der Waals surface area (Å²) in [6.45, 7) is 2.42. The number of esters is 1. The first kappa shape index (κ1) is 16.5. The predicted octanol–water partition coefficient (Wildman–Crippen LogP) is 3.85. The highest BCUT2D eigenvalue weighted by atomic mass is 16.6. The third-order valence-corrected chi connectivity index (χ3v) is 4.44. The van der Waals surface area contributed by atoms with Crippen molar-refractivity contribution in [2.24, 2.45) is 0 Å². The zero-order valence-electron chi connectivity index (χ0n) is 14.4. The average molecular weight is 350 g/mol. The van der Waals surface area contributed by atoms with Crippen molar-refractivity contribution >= 4 is 16.9 Å². The molecule has 0 aliphatic carbocycles. The molecule has 5 heteroatoms. The Morgan fingerprint density at radius 1 is 1.15 bits per heavy atom. The van der Waals surface area contributed by atoms with Gasteiger partial charge >= 0.3 is 5.97 Å². The number of rotatable bonds is 3. The summed E-state index contributed by atoms with van der Waals surface area (Å²) in [5, 5.41) is 0.389. The number of hydrogen-bond acceptors (Lipinski definition) is 5. The lowest BCUT2D eigenvalue weighted by Crippen LogP contribution is -2.27. The van der Waals surface area contributed by atoms with Crippen LogP contribution in [-0.4, -0.2) is 18.7 Å². The van der Waals surface area contributed by atoms with E-state index in [2.05, 4.69) is 0 Å². The number of benzene rings is 2. The van der Waals surface area contributed by atoms with Crippen LogP contribution in [0.1, 0.15) is 18.4 Å². The van der Waals surface area contributed by atoms with Crippen molar-refractivity contribution in [3.05, 3.63) is 64.3 Å². The van der Waals surface area contributed by atoms with Crippen LogP contribution in [0.15, 0.2) is 57.7 Å². The minimum absolute atomic E-state index is 0.0881. The van der Waals surface area contributed by atoms with E-state index in [1.54, 1.807) is 12.1 Å². The lowest BCUT2D eigenvalue weighted by atomic mass is 10.1. The van der Waals surface area contributed by atoms with Crippen LogP contribution < -0.4 is 10.2 Å². The zero-order chi connectivity index (χ0) is 18.1. The molecular weight excluding hydrogens is 332 g/mol. The highest BCUT2D eigenvalue weighted by molar-refractivity contribution is 5.85. The number of aryl methyl sites for hydroxylation is 1. The van der Waals surface area contributed by atoms with Crippen LogP contribution in [0.25, 0.3) is 22.3 Å². The topological polar surface area (TPSA) is 65.7 Å². The van der Waals surface area contributed by atoms with Crippen LogP contribution in [0.3, 0.4) is 0 Å². The normalized spacial score (nSPS) is 16.7. The summed E-state index contributed by atoms with van der Waals surface area (Å²) in [6.07, 6.45) is 0.764. The number of carbonyl (C=O) groups is 1. The van der Waals surface area contributed by atoms with Gasteiger partial charge in [-0.25, -0.2) is 4.79 Å². The maximum Gasteiger partial charge on any atom is 0.340 e. The molecule has 1 fully saturated rings. The molecule has 3 aromatic rings. The molecule has 0 unspecified atom stereocenters. The number of hydrogen-bond donors (Lipinski definition) is 0. The number of carbonyl (C=O) groups excluding carboxylic acids is 1. The Balaban J connectivity index is 1.88. The first-order chi connectivity index (χ1) is 12.6. The Bertz CT molecular complexity index is 1010. The third-order valence-electron chi connectivity index (χ3n) is 4.44. The van der Waals surface area contributed by atoms with E-state index in [0.717, 1.165) is 12.0 Å². The molecule has 1 aliphatic rings. The van der Waals surface area contributed by atoms with Gasteiger partial charge in [-0.3, -0.25) is 4.79 Å². The van der Waals surface area contributed by atoms with Crippen LogP contribution in [0.2, 0.25) is 0 Å². The van der Waals surface area contributed by atoms with Crippen molar-refractivity contribution in [2.45, 2.75) is 25.9 Å². The third kappa shape index (κ3) is 3.02. The molecule has 1 saturated heterocycles. The van der Waals surface area contributed by atoms with Crippen molar-refractivity contribution < 1.29 is 18.7 Å². The molecule has 0 N–H and O–H groups in total. The summed E-state index contributed by atoms with van der Waals surface area (Å²) in [5.74, 6) is -0.396. The predicted molar refractivity (Wildman–Crippen MR) is 97.3 cm³/mol. The Morgan fingerprint density at radius 2 is 1.96 bits per heavy atom. The maximum atomic E-state index is 13.0. The van der Waals surface area contributed by atoms with E-state index in [-0.39, 0.29) is 16.9 Å². The molecule has 0 saturated carbocycles. The summed E-state index contributed by atoms with van der Waals surface area (Å²) in [4.78, 5) is 25.5. The van der Waals surface area contributed by atoms with Gasteiger partial charge in [0.2, 0.25) is 11.2 Å². The Hall–Kier alpha value is -2.92. The summed E-state index contributed by atoms with van der Waals surface area (Å²) >= 11 is 0. The zero-order valence-corrected chi connectivity index (χ0v) is 14.4. The van der Waals surface area contributed by atoms with Crippen molar-refractivity contribution in [3.8, 4) is 17.1 Å². The Morgan fingerprint density at radius 3 is 2.69 bits per heavy atom. The van der Waals surface area contributed by atoms with Gasteiger partial charge in [-0.1, -0.05) is 42.0 Å². The monoisotopic (exact) mass is 350 g/mol. The molecule has 1 aliphatic heterocycles. The van der Waals surface area contributed by atoms with Gasteiger partial charge in [-0.15, -0.1) is 0 Å². The van der Waals surface area contributed by atoms with E-state index >= 15 is 0 Å². The van der Waals surface area contributed by atoms with Crippen molar-refractivity contribution in [2.75, 3.05) is 6.61 Å². The van der Waals surface area contributed by atoms with E-state index in [1.165, 1.54) is 0 Å². The Labute approximate surface area is 150 Å². The molecule has 0 spiro atoms. The van der Waals surface area contributed by atoms with E-state index < -0.39 is 12.1 Å². The van der Waals surface area contributed by atoms with E-state index in [4.69, 9.17) is 13.9 Å². The van der Waals surface area contributed by atoms with Crippen LogP contribution in [-0.2, 0) is 9.53 Å². The van der Waals surface area contributed by atoms with Crippen LogP contribution in [0, 0.1) is 6.92 Å². The maximum absolute atomic E-state index is 13.0. The molecule has 1 aromatic heterocycles. The second kappa shape index (κ2) is 6.77. The van der Waals surface area contributed by atoms with Gasteiger partial charge in [-0.05, 0) is 31.9 Å². The molecular formula is C21H18O5. The van der Waals surface area contributed by atoms with Crippen molar-refractivity contribution in [1.82, 2.24) is 0 Å². The van der Waals surface area contributed by atoms with Gasteiger partial charge < -0.3 is 13.9 Å². The fourth-order valence-electron chi connectivity index (χ4n) is 3.09. The van der Waals surface area contributed by atoms with E-state index in [9.17, 15) is 9.59 Å². The standard InChI is InChI=1S/C21H18O5/c1-13-9-10-16-15(12-13)18(22)20(26-21(23)17-8-5-11-24-17)19(25-16)14-6-3-2-4-7-14/h2-4,6-7,9-10,12,17H,5,8,11H2,1H3/t17-/m0/s1. The van der Waals surface area contributed by atoms with Crippen molar-refractivity contribution in [3.63, 3.8) is 0 Å². The Kier molecular flexibility index (Phi) is 4.31. The second-order valence-electron chi connectivity index (χ2n) is 6.38. The summed E-state index contributed by atoms with van der Waals surface area (Å²) in [6, 6.07) is 14.5. The quantitative estimate of drug-likeness (QED) is 0.671. The van der Waals surface area contributed by atoms with Gasteiger partial charge in [-0.2, -0.15) is 0 Å². The summed E-state index contributed by atoms with van der Waals surface area (Å²) < 4.78 is 16.8. The molecule has 132 valence electrons. The minimum atomic E-state index is -0.633. The van der Waals surface area contributed by atoms with Gasteiger partial charge in [0.25, 0.3) is 0 Å². The smallest absolute Gasteiger partial charge is 0.340 e. The largest absolute Gasteiger partial charge is 0.452 e. The first-order valence-electron chi connectivity index (χ1n) is 8.59. The summed E-state index contributed by atoms with van der Waals surface area (Å²) in [5.41, 5.74) is 1.69. The van der Waals surface area contributed by atoms with Crippen LogP contribution >= 0.6 is 0 Å². The lowest BCUT2D eigenvalue weighted by molar-refractivity contribution is -0.144. The number of ether oxygens (including phenoxy) is 2. The van der Waals surface area contributed by atoms with Gasteiger partial charge in [0.1, 0.15) is 5.58 Å². The SMILES string of the molecule is Cc1ccc2oc(-c3ccccc3)c(OC(=O)[C@@H]3CCCO3)c(=O)c2c1. The first-order valence-corrected chi connectivity index (χ1v) is 8.59. The van der Waals surface area contributed by atoms with Crippen LogP contribution in [0.5, 0.6) is 5.75 Å². The molecule has 0 radical (unpaired) electrons. The second-order valence-corrected chi connectivity index (χ2v) is 6.38. The molecule has 2 aromatic carbocycles. The van der Waals surface area contributed by atoms with Gasteiger partial charge in [0.05, 0.1) is 5.39 Å². The molecule has 1 atom stereocenters. The molecule has 0 amide bonds. The molecule has 2 heterocycles. The average Bonchev–Trinajstić information content (AvgIpc) is 3.20. The molecule has 4 rings (SSSR count). The van der Waals surface area contributed by atoms with Crippen molar-refractivity contribution in [1.29, 1.82) is 0 Å². The van der Waals surface area contributed by atoms with E-state index in [1.807, 2.05) is 43.3 Å². The molecule has 5 nitrogen and oxygen atoms in total. The lowest BCUT2D eigenvalue weighted by Gasteiger charge is -2.13. The highest BCUT2D eigenvalue weighted by Gasteiger charge is 2.28. The highest BCUT2D eigenvalue weighted by Crippen LogP contribution is 2.31. The fourth-order valence-corrected chi connectivity index (χ4v) is 3.09. The fraction of sp³-hybridized carbons (Fsp3) is 0.238. The number of fused-ring (bicyclic) bond motifs is 1. The summed E-state index contributed by atoms with van der Waals surface area (Å²) in [7, 11) is 0.